The van der Waals surface area contributed by atoms with Crippen molar-refractivity contribution >= 4 is 23.2 Å². The van der Waals surface area contributed by atoms with Gasteiger partial charge in [-0.1, -0.05) is 23.6 Å². The Morgan fingerprint density at radius 3 is 2.19 bits per heavy atom. The van der Waals surface area contributed by atoms with E-state index >= 15 is 0 Å². The molecule has 0 spiro atoms. The fraction of sp³-hybridized carbons (Fsp3) is 0.312. The molecule has 0 saturated heterocycles. The Morgan fingerprint density at radius 2 is 1.76 bits per heavy atom. The zero-order valence-electron chi connectivity index (χ0n) is 12.1. The number of nitrogens with zero attached hydrogens (tertiary/aromatic N) is 1. The number of rotatable bonds is 4. The van der Waals surface area contributed by atoms with E-state index in [-0.39, 0.29) is 32.3 Å². The first kappa shape index (κ1) is 20.2. The largest absolute Gasteiger partial charge is 0.393 e. The molecule has 0 amide bonds. The fourth-order valence-corrected chi connectivity index (χ4v) is 2.00. The van der Waals surface area contributed by atoms with E-state index in [2.05, 4.69) is 10.4 Å². The summed E-state index contributed by atoms with van der Waals surface area (Å²) in [4.78, 5) is 4.30. The summed E-state index contributed by atoms with van der Waals surface area (Å²) < 4.78 is 0. The summed E-state index contributed by atoms with van der Waals surface area (Å²) in [6.45, 7) is 3.32. The van der Waals surface area contributed by atoms with Gasteiger partial charge in [0, 0.05) is 20.1 Å². The molecule has 0 fully saturated rings. The van der Waals surface area contributed by atoms with Gasteiger partial charge < -0.3 is 15.2 Å². The fourth-order valence-electron chi connectivity index (χ4n) is 1.46. The maximum atomic E-state index is 8.56. The van der Waals surface area contributed by atoms with Gasteiger partial charge in [-0.25, -0.2) is 0 Å². The molecule has 1 radical (unpaired) electrons. The molecule has 3 nitrogen and oxygen atoms in total. The van der Waals surface area contributed by atoms with Crippen LogP contribution in [0.3, 0.4) is 0 Å². The van der Waals surface area contributed by atoms with Crippen molar-refractivity contribution in [2.45, 2.75) is 32.5 Å². The van der Waals surface area contributed by atoms with E-state index in [4.69, 9.17) is 10.2 Å². The van der Waals surface area contributed by atoms with Crippen LogP contribution >= 0.6 is 11.3 Å². The summed E-state index contributed by atoms with van der Waals surface area (Å²) in [7, 11) is 0. The minimum Gasteiger partial charge on any atom is -0.393 e. The van der Waals surface area contributed by atoms with Crippen molar-refractivity contribution in [3.8, 4) is 0 Å². The Morgan fingerprint density at radius 1 is 1.14 bits per heavy atom. The number of benzene rings is 1. The van der Waals surface area contributed by atoms with Crippen LogP contribution in [-0.4, -0.2) is 28.6 Å². The molecule has 2 N–H and O–H groups in total. The number of para-hydroxylation sites is 1. The van der Waals surface area contributed by atoms with Gasteiger partial charge in [-0.15, -0.1) is 10.9 Å². The molecule has 1 aromatic heterocycles. The van der Waals surface area contributed by atoms with Crippen LogP contribution in [0.2, 0.25) is 0 Å². The first-order chi connectivity index (χ1) is 9.58. The second-order valence-corrected chi connectivity index (χ2v) is 5.22. The van der Waals surface area contributed by atoms with Crippen molar-refractivity contribution in [1.29, 1.82) is 0 Å². The van der Waals surface area contributed by atoms with Gasteiger partial charge in [-0.05, 0) is 38.6 Å². The maximum Gasteiger partial charge on any atom is 0.0536 e. The summed E-state index contributed by atoms with van der Waals surface area (Å²) in [5.74, 6) is 0. The number of aliphatic imine (C=N–C) groups is 1. The Hall–Kier alpha value is -0.841. The van der Waals surface area contributed by atoms with E-state index in [9.17, 15) is 0 Å². The molecule has 2 atom stereocenters. The number of hydrogen-bond donors (Lipinski definition) is 2. The summed E-state index contributed by atoms with van der Waals surface area (Å²) in [6.07, 6.45) is 1.55. The van der Waals surface area contributed by atoms with Crippen LogP contribution in [0, 0.1) is 5.38 Å². The molecule has 0 bridgehead atoms. The molecule has 5 heteroatoms. The van der Waals surface area contributed by atoms with E-state index in [1.165, 1.54) is 0 Å². The molecule has 2 unspecified atom stereocenters. The predicted molar refractivity (Wildman–Crippen MR) is 84.8 cm³/mol. The van der Waals surface area contributed by atoms with Crippen molar-refractivity contribution in [3.63, 3.8) is 0 Å². The first-order valence-electron chi connectivity index (χ1n) is 6.48. The van der Waals surface area contributed by atoms with Crippen LogP contribution in [0.15, 0.2) is 46.8 Å². The minimum absolute atomic E-state index is 0. The van der Waals surface area contributed by atoms with E-state index < -0.39 is 0 Å². The Kier molecular flexibility index (Phi) is 11.3. The van der Waals surface area contributed by atoms with Crippen LogP contribution in [0.5, 0.6) is 0 Å². The standard InChI is InChI=1S/C11H8NS.C5H12O2.Ir/c1-2-4-11(5-3-1)12-8-10-6-7-13-9-10;1-4(6)3-5(2)7;/h1-8H;4-7H,3H2,1-2H3;/q-1;;. The molecule has 21 heavy (non-hydrogen) atoms. The number of aliphatic hydroxyl groups is 2. The van der Waals surface area contributed by atoms with Crippen molar-refractivity contribution in [1.82, 2.24) is 0 Å². The van der Waals surface area contributed by atoms with E-state index in [1.54, 1.807) is 25.2 Å². The van der Waals surface area contributed by atoms with E-state index in [0.717, 1.165) is 11.3 Å². The maximum absolute atomic E-state index is 8.56. The van der Waals surface area contributed by atoms with Crippen molar-refractivity contribution in [2.24, 2.45) is 4.99 Å². The SMILES string of the molecule is CC(O)CC(C)O.[Ir].[c-]1sccc1C=Nc1ccccc1. The number of hydrogen-bond acceptors (Lipinski definition) is 4. The Balaban J connectivity index is 0.000000436. The predicted octanol–water partition coefficient (Wildman–Crippen LogP) is 3.43. The average Bonchev–Trinajstić information content (AvgIpc) is 2.90. The summed E-state index contributed by atoms with van der Waals surface area (Å²) in [5.41, 5.74) is 2.01. The van der Waals surface area contributed by atoms with Crippen LogP contribution in [-0.2, 0) is 20.1 Å². The van der Waals surface area contributed by atoms with E-state index in [1.807, 2.05) is 48.0 Å². The monoisotopic (exact) mass is 483 g/mol. The molecule has 0 aliphatic heterocycles. The van der Waals surface area contributed by atoms with E-state index in [0.29, 0.717) is 6.42 Å². The summed E-state index contributed by atoms with van der Waals surface area (Å²) >= 11 is 1.56. The van der Waals surface area contributed by atoms with Crippen LogP contribution < -0.4 is 0 Å². The topological polar surface area (TPSA) is 52.8 Å². The van der Waals surface area contributed by atoms with Gasteiger partial charge in [-0.3, -0.25) is 11.3 Å². The Bertz CT molecular complexity index is 478. The van der Waals surface area contributed by atoms with Gasteiger partial charge in [0.05, 0.1) is 17.9 Å². The van der Waals surface area contributed by atoms with Gasteiger partial charge in [0.2, 0.25) is 0 Å². The summed E-state index contributed by atoms with van der Waals surface area (Å²) in [5, 5.41) is 22.2. The van der Waals surface area contributed by atoms with Crippen LogP contribution in [0.25, 0.3) is 0 Å². The molecule has 0 aliphatic carbocycles. The van der Waals surface area contributed by atoms with Crippen molar-refractivity contribution in [2.75, 3.05) is 0 Å². The Labute approximate surface area is 143 Å². The second kappa shape index (κ2) is 11.8. The third kappa shape index (κ3) is 10.5. The molecule has 2 rings (SSSR count). The third-order valence-electron chi connectivity index (χ3n) is 2.28. The van der Waals surface area contributed by atoms with Crippen LogP contribution in [0.4, 0.5) is 5.69 Å². The minimum atomic E-state index is -0.375. The molecular formula is C16H20IrNO2S-. The molecule has 0 saturated carbocycles. The molecule has 1 aromatic carbocycles. The molecule has 0 aliphatic rings. The van der Waals surface area contributed by atoms with Crippen molar-refractivity contribution < 1.29 is 30.3 Å². The zero-order valence-corrected chi connectivity index (χ0v) is 15.3. The van der Waals surface area contributed by atoms with Gasteiger partial charge in [0.1, 0.15) is 0 Å². The molecule has 1 heterocycles. The number of aliphatic hydroxyl groups excluding tert-OH is 2. The summed E-state index contributed by atoms with van der Waals surface area (Å²) in [6, 6.07) is 11.9. The smallest absolute Gasteiger partial charge is 0.0536 e. The third-order valence-corrected chi connectivity index (χ3v) is 2.91. The van der Waals surface area contributed by atoms with Gasteiger partial charge >= 0.3 is 0 Å². The average molecular weight is 483 g/mol. The van der Waals surface area contributed by atoms with Gasteiger partial charge in [0.25, 0.3) is 0 Å². The zero-order chi connectivity index (χ0) is 14.8. The first-order valence-corrected chi connectivity index (χ1v) is 7.36. The second-order valence-electron chi connectivity index (χ2n) is 4.51. The van der Waals surface area contributed by atoms with Gasteiger partial charge in [-0.2, -0.15) is 6.07 Å². The molecule has 117 valence electrons. The molecular weight excluding hydrogens is 462 g/mol. The normalized spacial score (nSPS) is 13.0. The number of thiophene rings is 1. The van der Waals surface area contributed by atoms with Gasteiger partial charge in [0.15, 0.2) is 0 Å². The molecule has 2 aromatic rings. The van der Waals surface area contributed by atoms with Crippen LogP contribution in [0.1, 0.15) is 25.8 Å². The quantitative estimate of drug-likeness (QED) is 0.518. The van der Waals surface area contributed by atoms with Crippen molar-refractivity contribution in [3.05, 3.63) is 52.7 Å².